The molecular weight excluding hydrogens is 254 g/mol. The van der Waals surface area contributed by atoms with Crippen molar-refractivity contribution in [2.45, 2.75) is 19.9 Å². The van der Waals surface area contributed by atoms with Crippen LogP contribution in [0.5, 0.6) is 0 Å². The Labute approximate surface area is 110 Å². The van der Waals surface area contributed by atoms with Crippen molar-refractivity contribution in [3.63, 3.8) is 0 Å². The zero-order chi connectivity index (χ0) is 12.3. The number of hydrogen-bond acceptors (Lipinski definition) is 3. The number of rotatable bonds is 5. The van der Waals surface area contributed by atoms with Crippen LogP contribution in [0.4, 0.5) is 0 Å². The van der Waals surface area contributed by atoms with Crippen molar-refractivity contribution in [1.82, 2.24) is 15.1 Å². The Morgan fingerprint density at radius 1 is 1.53 bits per heavy atom. The number of aryl methyl sites for hydroxylation is 1. The summed E-state index contributed by atoms with van der Waals surface area (Å²) < 4.78 is 2.65. The van der Waals surface area contributed by atoms with Crippen LogP contribution in [0.15, 0.2) is 17.6 Å². The molecule has 0 aliphatic heterocycles. The Morgan fingerprint density at radius 3 is 3.00 bits per heavy atom. The summed E-state index contributed by atoms with van der Waals surface area (Å²) in [6, 6.07) is 1.97. The van der Waals surface area contributed by atoms with Gasteiger partial charge in [-0.15, -0.1) is 11.3 Å². The second kappa shape index (κ2) is 5.67. The molecule has 0 bridgehead atoms. The van der Waals surface area contributed by atoms with Crippen LogP contribution < -0.4 is 5.32 Å². The second-order valence-corrected chi connectivity index (χ2v) is 5.54. The minimum absolute atomic E-state index is 0.804. The summed E-state index contributed by atoms with van der Waals surface area (Å²) in [5, 5.41) is 9.95. The standard InChI is InChI=1S/C12H16ClN3S/c1-3-4-14-6-10-7-16(2)15-12(10)9-5-11(13)17-8-9/h5,7-8,14H,3-4,6H2,1-2H3. The highest BCUT2D eigenvalue weighted by Gasteiger charge is 2.11. The molecule has 2 aromatic heterocycles. The average Bonchev–Trinajstić information content (AvgIpc) is 2.85. The van der Waals surface area contributed by atoms with Gasteiger partial charge in [0.15, 0.2) is 0 Å². The molecule has 17 heavy (non-hydrogen) atoms. The van der Waals surface area contributed by atoms with Gasteiger partial charge in [0.2, 0.25) is 0 Å². The fourth-order valence-electron chi connectivity index (χ4n) is 1.74. The summed E-state index contributed by atoms with van der Waals surface area (Å²) in [5.74, 6) is 0. The highest BCUT2D eigenvalue weighted by atomic mass is 35.5. The molecule has 0 aromatic carbocycles. The normalized spacial score (nSPS) is 11.0. The molecule has 0 saturated carbocycles. The first-order valence-corrected chi connectivity index (χ1v) is 6.94. The first-order valence-electron chi connectivity index (χ1n) is 5.68. The number of hydrogen-bond donors (Lipinski definition) is 1. The van der Waals surface area contributed by atoms with Gasteiger partial charge in [-0.2, -0.15) is 5.10 Å². The lowest BCUT2D eigenvalue weighted by Crippen LogP contribution is -2.13. The van der Waals surface area contributed by atoms with Crippen LogP contribution in [0.25, 0.3) is 11.3 Å². The zero-order valence-electron chi connectivity index (χ0n) is 10.0. The van der Waals surface area contributed by atoms with E-state index in [1.54, 1.807) is 11.3 Å². The predicted molar refractivity (Wildman–Crippen MR) is 73.5 cm³/mol. The lowest BCUT2D eigenvalue weighted by molar-refractivity contribution is 0.675. The van der Waals surface area contributed by atoms with E-state index in [0.29, 0.717) is 0 Å². The Balaban J connectivity index is 2.21. The quantitative estimate of drug-likeness (QED) is 0.844. The molecule has 0 atom stereocenters. The van der Waals surface area contributed by atoms with Crippen molar-refractivity contribution >= 4 is 22.9 Å². The Bertz CT molecular complexity index is 490. The fourth-order valence-corrected chi connectivity index (χ4v) is 2.61. The first kappa shape index (κ1) is 12.6. The van der Waals surface area contributed by atoms with E-state index >= 15 is 0 Å². The third-order valence-electron chi connectivity index (χ3n) is 2.49. The molecule has 2 aromatic rings. The van der Waals surface area contributed by atoms with Gasteiger partial charge in [0.05, 0.1) is 10.0 Å². The lowest BCUT2D eigenvalue weighted by atomic mass is 10.1. The van der Waals surface area contributed by atoms with Crippen molar-refractivity contribution in [2.75, 3.05) is 6.54 Å². The minimum Gasteiger partial charge on any atom is -0.313 e. The maximum atomic E-state index is 5.96. The first-order chi connectivity index (χ1) is 8.20. The number of halogens is 1. The van der Waals surface area contributed by atoms with Gasteiger partial charge in [0.1, 0.15) is 0 Å². The van der Waals surface area contributed by atoms with Crippen molar-refractivity contribution in [1.29, 1.82) is 0 Å². The Hall–Kier alpha value is -0.840. The fraction of sp³-hybridized carbons (Fsp3) is 0.417. The van der Waals surface area contributed by atoms with Crippen LogP contribution in [-0.2, 0) is 13.6 Å². The van der Waals surface area contributed by atoms with Gasteiger partial charge >= 0.3 is 0 Å². The van der Waals surface area contributed by atoms with Crippen molar-refractivity contribution < 1.29 is 0 Å². The largest absolute Gasteiger partial charge is 0.313 e. The molecule has 92 valence electrons. The van der Waals surface area contributed by atoms with E-state index in [2.05, 4.69) is 23.5 Å². The van der Waals surface area contributed by atoms with Gasteiger partial charge in [-0.25, -0.2) is 0 Å². The van der Waals surface area contributed by atoms with Crippen LogP contribution in [0.3, 0.4) is 0 Å². The molecule has 0 aliphatic rings. The number of thiophene rings is 1. The van der Waals surface area contributed by atoms with E-state index in [0.717, 1.165) is 35.1 Å². The van der Waals surface area contributed by atoms with Crippen LogP contribution in [0.2, 0.25) is 4.34 Å². The van der Waals surface area contributed by atoms with E-state index in [4.69, 9.17) is 11.6 Å². The SMILES string of the molecule is CCCNCc1cn(C)nc1-c1csc(Cl)c1. The second-order valence-electron chi connectivity index (χ2n) is 3.99. The van der Waals surface area contributed by atoms with Crippen LogP contribution in [0, 0.1) is 0 Å². The molecule has 1 N–H and O–H groups in total. The maximum Gasteiger partial charge on any atom is 0.0976 e. The Kier molecular flexibility index (Phi) is 4.20. The van der Waals surface area contributed by atoms with E-state index < -0.39 is 0 Å². The molecule has 0 radical (unpaired) electrons. The topological polar surface area (TPSA) is 29.9 Å². The van der Waals surface area contributed by atoms with E-state index in [9.17, 15) is 0 Å². The lowest BCUT2D eigenvalue weighted by Gasteiger charge is -2.02. The molecule has 2 rings (SSSR count). The molecule has 0 amide bonds. The number of aromatic nitrogens is 2. The van der Waals surface area contributed by atoms with Gasteiger partial charge in [-0.05, 0) is 19.0 Å². The van der Waals surface area contributed by atoms with Crippen LogP contribution >= 0.6 is 22.9 Å². The minimum atomic E-state index is 0.804. The predicted octanol–water partition coefficient (Wildman–Crippen LogP) is 3.30. The van der Waals surface area contributed by atoms with Gasteiger partial charge in [-0.1, -0.05) is 18.5 Å². The summed E-state index contributed by atoms with van der Waals surface area (Å²) in [6.45, 7) is 4.04. The molecule has 2 heterocycles. The summed E-state index contributed by atoms with van der Waals surface area (Å²) in [7, 11) is 1.95. The van der Waals surface area contributed by atoms with E-state index in [-0.39, 0.29) is 0 Å². The van der Waals surface area contributed by atoms with Crippen LogP contribution in [0.1, 0.15) is 18.9 Å². The summed E-state index contributed by atoms with van der Waals surface area (Å²) >= 11 is 7.51. The number of nitrogens with one attached hydrogen (secondary N) is 1. The monoisotopic (exact) mass is 269 g/mol. The third-order valence-corrected chi connectivity index (χ3v) is 3.58. The van der Waals surface area contributed by atoms with E-state index in [1.807, 2.05) is 23.2 Å². The van der Waals surface area contributed by atoms with Crippen molar-refractivity contribution in [2.24, 2.45) is 7.05 Å². The molecule has 3 nitrogen and oxygen atoms in total. The Morgan fingerprint density at radius 2 is 2.35 bits per heavy atom. The van der Waals surface area contributed by atoms with Crippen LogP contribution in [-0.4, -0.2) is 16.3 Å². The summed E-state index contributed by atoms with van der Waals surface area (Å²) in [5.41, 5.74) is 3.35. The molecule has 0 unspecified atom stereocenters. The molecule has 0 spiro atoms. The van der Waals surface area contributed by atoms with Crippen molar-refractivity contribution in [3.8, 4) is 11.3 Å². The molecule has 0 aliphatic carbocycles. The van der Waals surface area contributed by atoms with E-state index in [1.165, 1.54) is 5.56 Å². The molecule has 0 fully saturated rings. The van der Waals surface area contributed by atoms with Gasteiger partial charge in [-0.3, -0.25) is 4.68 Å². The number of nitrogens with zero attached hydrogens (tertiary/aromatic N) is 2. The molecule has 0 saturated heterocycles. The highest BCUT2D eigenvalue weighted by molar-refractivity contribution is 7.14. The third kappa shape index (κ3) is 3.09. The molecule has 5 heteroatoms. The van der Waals surface area contributed by atoms with Crippen molar-refractivity contribution in [3.05, 3.63) is 27.5 Å². The highest BCUT2D eigenvalue weighted by Crippen LogP contribution is 2.29. The maximum absolute atomic E-state index is 5.96. The van der Waals surface area contributed by atoms with Gasteiger partial charge in [0, 0.05) is 36.3 Å². The van der Waals surface area contributed by atoms with Gasteiger partial charge in [0.25, 0.3) is 0 Å². The summed E-state index contributed by atoms with van der Waals surface area (Å²) in [6.07, 6.45) is 3.20. The smallest absolute Gasteiger partial charge is 0.0976 e. The average molecular weight is 270 g/mol. The summed E-state index contributed by atoms with van der Waals surface area (Å²) in [4.78, 5) is 0. The molecular formula is C12H16ClN3S. The van der Waals surface area contributed by atoms with Gasteiger partial charge < -0.3 is 5.32 Å². The zero-order valence-corrected chi connectivity index (χ0v) is 11.6.